The molecule has 19 heavy (non-hydrogen) atoms. The van der Waals surface area contributed by atoms with Gasteiger partial charge in [-0.1, -0.05) is 0 Å². The van der Waals surface area contributed by atoms with Gasteiger partial charge in [0.1, 0.15) is 5.75 Å². The number of hydrogen-bond acceptors (Lipinski definition) is 5. The lowest BCUT2D eigenvalue weighted by molar-refractivity contribution is 0.355. The molecule has 0 radical (unpaired) electrons. The van der Waals surface area contributed by atoms with E-state index in [4.69, 9.17) is 15.2 Å². The molecule has 5 nitrogen and oxygen atoms in total. The van der Waals surface area contributed by atoms with Crippen molar-refractivity contribution in [1.29, 1.82) is 0 Å². The highest BCUT2D eigenvalue weighted by Crippen LogP contribution is 2.32. The van der Waals surface area contributed by atoms with Gasteiger partial charge in [-0.3, -0.25) is 4.98 Å². The minimum Gasteiger partial charge on any atom is -0.506 e. The Morgan fingerprint density at radius 1 is 1.16 bits per heavy atom. The zero-order chi connectivity index (χ0) is 13.8. The van der Waals surface area contributed by atoms with Gasteiger partial charge < -0.3 is 20.3 Å². The number of aromatic hydroxyl groups is 1. The molecule has 0 aliphatic rings. The number of pyridine rings is 1. The van der Waals surface area contributed by atoms with Crippen molar-refractivity contribution in [2.45, 2.75) is 6.54 Å². The molecule has 3 N–H and O–H groups in total. The van der Waals surface area contributed by atoms with Gasteiger partial charge in [-0.05, 0) is 24.3 Å². The molecule has 0 fully saturated rings. The molecule has 0 saturated heterocycles. The number of hydrogen-bond donors (Lipinski definition) is 2. The molecule has 0 aliphatic heterocycles. The van der Waals surface area contributed by atoms with Crippen molar-refractivity contribution in [1.82, 2.24) is 4.98 Å². The molecule has 0 aliphatic carbocycles. The predicted molar refractivity (Wildman–Crippen MR) is 72.3 cm³/mol. The van der Waals surface area contributed by atoms with Crippen molar-refractivity contribution in [2.75, 3.05) is 14.2 Å². The minimum atomic E-state index is 0.103. The Morgan fingerprint density at radius 3 is 2.53 bits per heavy atom. The highest BCUT2D eigenvalue weighted by Gasteiger charge is 2.09. The Hall–Kier alpha value is -2.27. The van der Waals surface area contributed by atoms with Crippen LogP contribution in [0.1, 0.15) is 5.56 Å². The van der Waals surface area contributed by atoms with Crippen LogP contribution in [0.5, 0.6) is 17.2 Å². The summed E-state index contributed by atoms with van der Waals surface area (Å²) in [6.07, 6.45) is 1.40. The van der Waals surface area contributed by atoms with Crippen LogP contribution in [0, 0.1) is 0 Å². The SMILES string of the molecule is COc1ccc(-c2cc(CN)c(O)cn2)cc1OC. The standard InChI is InChI=1S/C14H16N2O3/c1-18-13-4-3-9(6-14(13)19-2)11-5-10(7-15)12(17)8-16-11/h3-6,8,17H,7,15H2,1-2H3. The Bertz CT molecular complexity index is 585. The first-order chi connectivity index (χ1) is 9.19. The molecule has 2 aromatic rings. The predicted octanol–water partition coefficient (Wildman–Crippen LogP) is 1.93. The van der Waals surface area contributed by atoms with E-state index in [9.17, 15) is 5.11 Å². The summed E-state index contributed by atoms with van der Waals surface area (Å²) >= 11 is 0. The summed E-state index contributed by atoms with van der Waals surface area (Å²) < 4.78 is 10.4. The Kier molecular flexibility index (Phi) is 3.87. The molecular weight excluding hydrogens is 244 g/mol. The molecule has 0 atom stereocenters. The fourth-order valence-electron chi connectivity index (χ4n) is 1.81. The van der Waals surface area contributed by atoms with Crippen molar-refractivity contribution in [3.05, 3.63) is 36.0 Å². The van der Waals surface area contributed by atoms with Crippen LogP contribution in [0.25, 0.3) is 11.3 Å². The smallest absolute Gasteiger partial charge is 0.161 e. The van der Waals surface area contributed by atoms with Gasteiger partial charge in [0.25, 0.3) is 0 Å². The molecule has 0 amide bonds. The van der Waals surface area contributed by atoms with Crippen molar-refractivity contribution < 1.29 is 14.6 Å². The van der Waals surface area contributed by atoms with Gasteiger partial charge in [-0.2, -0.15) is 0 Å². The third-order valence-corrected chi connectivity index (χ3v) is 2.87. The zero-order valence-electron chi connectivity index (χ0n) is 10.9. The number of nitrogens with zero attached hydrogens (tertiary/aromatic N) is 1. The van der Waals surface area contributed by atoms with E-state index >= 15 is 0 Å². The highest BCUT2D eigenvalue weighted by molar-refractivity contribution is 5.65. The van der Waals surface area contributed by atoms with Crippen LogP contribution in [0.15, 0.2) is 30.5 Å². The molecule has 0 saturated carbocycles. The van der Waals surface area contributed by atoms with Crippen LogP contribution in [-0.2, 0) is 6.54 Å². The molecule has 1 aromatic heterocycles. The van der Waals surface area contributed by atoms with Crippen LogP contribution < -0.4 is 15.2 Å². The van der Waals surface area contributed by atoms with Crippen LogP contribution >= 0.6 is 0 Å². The molecule has 0 spiro atoms. The monoisotopic (exact) mass is 260 g/mol. The van der Waals surface area contributed by atoms with Crippen molar-refractivity contribution in [3.8, 4) is 28.5 Å². The molecule has 0 bridgehead atoms. The third kappa shape index (κ3) is 2.61. The topological polar surface area (TPSA) is 77.6 Å². The van der Waals surface area contributed by atoms with E-state index < -0.39 is 0 Å². The van der Waals surface area contributed by atoms with Crippen LogP contribution in [0.2, 0.25) is 0 Å². The molecular formula is C14H16N2O3. The number of rotatable bonds is 4. The van der Waals surface area contributed by atoms with E-state index in [0.717, 1.165) is 11.3 Å². The van der Waals surface area contributed by atoms with E-state index in [1.54, 1.807) is 20.3 Å². The summed E-state index contributed by atoms with van der Waals surface area (Å²) in [6.45, 7) is 0.259. The minimum absolute atomic E-state index is 0.103. The molecule has 1 aromatic carbocycles. The fourth-order valence-corrected chi connectivity index (χ4v) is 1.81. The van der Waals surface area contributed by atoms with Crippen LogP contribution in [0.4, 0.5) is 0 Å². The number of nitrogens with two attached hydrogens (primary N) is 1. The Labute approximate surface area is 111 Å². The first-order valence-corrected chi connectivity index (χ1v) is 5.80. The first kappa shape index (κ1) is 13.2. The van der Waals surface area contributed by atoms with Gasteiger partial charge in [0.05, 0.1) is 26.1 Å². The Morgan fingerprint density at radius 2 is 1.89 bits per heavy atom. The van der Waals surface area contributed by atoms with Gasteiger partial charge in [0.2, 0.25) is 0 Å². The largest absolute Gasteiger partial charge is 0.506 e. The lowest BCUT2D eigenvalue weighted by Crippen LogP contribution is -1.98. The average molecular weight is 260 g/mol. The van der Waals surface area contributed by atoms with Crippen LogP contribution in [-0.4, -0.2) is 24.3 Å². The lowest BCUT2D eigenvalue weighted by atomic mass is 10.1. The third-order valence-electron chi connectivity index (χ3n) is 2.87. The summed E-state index contributed by atoms with van der Waals surface area (Å²) in [6, 6.07) is 7.28. The second kappa shape index (κ2) is 5.58. The summed E-state index contributed by atoms with van der Waals surface area (Å²) in [5.41, 5.74) is 7.81. The molecule has 5 heteroatoms. The number of benzene rings is 1. The first-order valence-electron chi connectivity index (χ1n) is 5.80. The van der Waals surface area contributed by atoms with Crippen LogP contribution in [0.3, 0.4) is 0 Å². The highest BCUT2D eigenvalue weighted by atomic mass is 16.5. The summed E-state index contributed by atoms with van der Waals surface area (Å²) in [4.78, 5) is 4.19. The molecule has 100 valence electrons. The van der Waals surface area contributed by atoms with E-state index in [0.29, 0.717) is 17.1 Å². The van der Waals surface area contributed by atoms with E-state index in [1.165, 1.54) is 6.20 Å². The summed E-state index contributed by atoms with van der Waals surface area (Å²) in [5.74, 6) is 1.39. The van der Waals surface area contributed by atoms with E-state index in [1.807, 2.05) is 18.2 Å². The average Bonchev–Trinajstić information content (AvgIpc) is 2.47. The maximum absolute atomic E-state index is 9.58. The lowest BCUT2D eigenvalue weighted by Gasteiger charge is -2.10. The summed E-state index contributed by atoms with van der Waals surface area (Å²) in [7, 11) is 3.17. The van der Waals surface area contributed by atoms with Gasteiger partial charge >= 0.3 is 0 Å². The van der Waals surface area contributed by atoms with Gasteiger partial charge in [0, 0.05) is 17.7 Å². The van der Waals surface area contributed by atoms with Crippen molar-refractivity contribution in [3.63, 3.8) is 0 Å². The summed E-state index contributed by atoms with van der Waals surface area (Å²) in [5, 5.41) is 9.58. The molecule has 1 heterocycles. The van der Waals surface area contributed by atoms with Gasteiger partial charge in [-0.25, -0.2) is 0 Å². The maximum Gasteiger partial charge on any atom is 0.161 e. The second-order valence-electron chi connectivity index (χ2n) is 3.97. The molecule has 0 unspecified atom stereocenters. The van der Waals surface area contributed by atoms with E-state index in [2.05, 4.69) is 4.98 Å². The maximum atomic E-state index is 9.58. The number of aromatic nitrogens is 1. The van der Waals surface area contributed by atoms with Crippen molar-refractivity contribution in [2.24, 2.45) is 5.73 Å². The van der Waals surface area contributed by atoms with Gasteiger partial charge in [-0.15, -0.1) is 0 Å². The number of ether oxygens (including phenoxy) is 2. The second-order valence-corrected chi connectivity index (χ2v) is 3.97. The van der Waals surface area contributed by atoms with Gasteiger partial charge in [0.15, 0.2) is 11.5 Å². The zero-order valence-corrected chi connectivity index (χ0v) is 10.9. The number of methoxy groups -OCH3 is 2. The normalized spacial score (nSPS) is 10.3. The Balaban J connectivity index is 2.47. The fraction of sp³-hybridized carbons (Fsp3) is 0.214. The van der Waals surface area contributed by atoms with E-state index in [-0.39, 0.29) is 12.3 Å². The quantitative estimate of drug-likeness (QED) is 0.878. The molecule has 2 rings (SSSR count). The van der Waals surface area contributed by atoms with Crippen molar-refractivity contribution >= 4 is 0 Å².